The van der Waals surface area contributed by atoms with Gasteiger partial charge in [-0.1, -0.05) is 36.4 Å². The molecule has 3 aromatic rings. The highest BCUT2D eigenvalue weighted by Gasteiger charge is 2.02. The molecule has 0 spiro atoms. The van der Waals surface area contributed by atoms with Gasteiger partial charge in [0.1, 0.15) is 5.03 Å². The number of fused-ring (bicyclic) bond motifs is 1. The van der Waals surface area contributed by atoms with Gasteiger partial charge in [0.05, 0.1) is 17.2 Å². The van der Waals surface area contributed by atoms with E-state index in [-0.39, 0.29) is 0 Å². The van der Waals surface area contributed by atoms with Crippen molar-refractivity contribution < 1.29 is 0 Å². The van der Waals surface area contributed by atoms with Crippen LogP contribution in [0.4, 0.5) is 0 Å². The van der Waals surface area contributed by atoms with Crippen molar-refractivity contribution in [2.45, 2.75) is 17.7 Å². The standard InChI is InChI=1S/C16H14N2S/c1-12-6-2-3-7-13(12)11-19-16-10-17-14-8-4-5-9-15(14)18-16/h2-10H,11H2,1H3. The Morgan fingerprint density at radius 2 is 1.68 bits per heavy atom. The molecule has 3 heteroatoms. The van der Waals surface area contributed by atoms with Crippen molar-refractivity contribution in [3.05, 3.63) is 65.9 Å². The fraction of sp³-hybridized carbons (Fsp3) is 0.125. The van der Waals surface area contributed by atoms with E-state index in [2.05, 4.69) is 41.2 Å². The van der Waals surface area contributed by atoms with Gasteiger partial charge in [-0.25, -0.2) is 4.98 Å². The molecular formula is C16H14N2S. The maximum absolute atomic E-state index is 4.62. The van der Waals surface area contributed by atoms with E-state index in [1.165, 1.54) is 11.1 Å². The van der Waals surface area contributed by atoms with Gasteiger partial charge in [0, 0.05) is 5.75 Å². The summed E-state index contributed by atoms with van der Waals surface area (Å²) < 4.78 is 0. The fourth-order valence-electron chi connectivity index (χ4n) is 1.93. The Balaban J connectivity index is 1.80. The number of aryl methyl sites for hydroxylation is 1. The molecule has 2 aromatic carbocycles. The van der Waals surface area contributed by atoms with Gasteiger partial charge >= 0.3 is 0 Å². The number of benzene rings is 2. The summed E-state index contributed by atoms with van der Waals surface area (Å²) in [6, 6.07) is 16.4. The van der Waals surface area contributed by atoms with Gasteiger partial charge in [-0.15, -0.1) is 11.8 Å². The van der Waals surface area contributed by atoms with Gasteiger partial charge in [-0.3, -0.25) is 4.98 Å². The molecule has 1 aromatic heterocycles. The van der Waals surface area contributed by atoms with E-state index in [4.69, 9.17) is 0 Å². The molecule has 0 radical (unpaired) electrons. The third kappa shape index (κ3) is 2.76. The summed E-state index contributed by atoms with van der Waals surface area (Å²) in [5.41, 5.74) is 4.58. The Morgan fingerprint density at radius 1 is 0.947 bits per heavy atom. The molecule has 94 valence electrons. The van der Waals surface area contributed by atoms with E-state index in [0.29, 0.717) is 0 Å². The molecule has 0 aliphatic carbocycles. The molecule has 1 heterocycles. The lowest BCUT2D eigenvalue weighted by molar-refractivity contribution is 1.12. The van der Waals surface area contributed by atoms with Crippen LogP contribution >= 0.6 is 11.8 Å². The van der Waals surface area contributed by atoms with Crippen molar-refractivity contribution in [1.82, 2.24) is 9.97 Å². The second-order valence-electron chi connectivity index (χ2n) is 4.41. The van der Waals surface area contributed by atoms with E-state index in [0.717, 1.165) is 21.8 Å². The minimum absolute atomic E-state index is 0.930. The summed E-state index contributed by atoms with van der Waals surface area (Å²) in [5, 5.41) is 0.974. The van der Waals surface area contributed by atoms with Gasteiger partial charge in [0.2, 0.25) is 0 Å². The van der Waals surface area contributed by atoms with Crippen LogP contribution in [0.5, 0.6) is 0 Å². The summed E-state index contributed by atoms with van der Waals surface area (Å²) in [5.74, 6) is 0.930. The summed E-state index contributed by atoms with van der Waals surface area (Å²) >= 11 is 1.73. The Hall–Kier alpha value is -1.87. The zero-order valence-electron chi connectivity index (χ0n) is 10.7. The van der Waals surface area contributed by atoms with Crippen molar-refractivity contribution in [3.63, 3.8) is 0 Å². The van der Waals surface area contributed by atoms with E-state index in [1.54, 1.807) is 11.8 Å². The lowest BCUT2D eigenvalue weighted by Gasteiger charge is -2.05. The maximum Gasteiger partial charge on any atom is 0.115 e. The zero-order chi connectivity index (χ0) is 13.1. The summed E-state index contributed by atoms with van der Waals surface area (Å²) in [7, 11) is 0. The van der Waals surface area contributed by atoms with Crippen molar-refractivity contribution in [1.29, 1.82) is 0 Å². The zero-order valence-corrected chi connectivity index (χ0v) is 11.5. The van der Waals surface area contributed by atoms with Crippen LogP contribution in [-0.2, 0) is 5.75 Å². The van der Waals surface area contributed by atoms with Gasteiger partial charge < -0.3 is 0 Å². The lowest BCUT2D eigenvalue weighted by atomic mass is 10.1. The minimum Gasteiger partial charge on any atom is -0.252 e. The molecule has 3 rings (SSSR count). The molecule has 0 unspecified atom stereocenters. The maximum atomic E-state index is 4.62. The molecule has 0 aliphatic heterocycles. The van der Waals surface area contributed by atoms with E-state index in [1.807, 2.05) is 30.5 Å². The first-order valence-electron chi connectivity index (χ1n) is 6.22. The monoisotopic (exact) mass is 266 g/mol. The SMILES string of the molecule is Cc1ccccc1CSc1cnc2ccccc2n1. The first-order valence-corrected chi connectivity index (χ1v) is 7.20. The van der Waals surface area contributed by atoms with E-state index in [9.17, 15) is 0 Å². The molecule has 0 aliphatic rings. The van der Waals surface area contributed by atoms with Crippen molar-refractivity contribution in [2.75, 3.05) is 0 Å². The Kier molecular flexibility index (Phi) is 3.47. The Bertz CT molecular complexity index is 710. The van der Waals surface area contributed by atoms with Crippen LogP contribution in [0.15, 0.2) is 59.8 Å². The average Bonchev–Trinajstić information content (AvgIpc) is 2.46. The fourth-order valence-corrected chi connectivity index (χ4v) is 2.85. The van der Waals surface area contributed by atoms with E-state index >= 15 is 0 Å². The second kappa shape index (κ2) is 5.41. The largest absolute Gasteiger partial charge is 0.252 e. The van der Waals surface area contributed by atoms with Crippen LogP contribution in [0.3, 0.4) is 0 Å². The van der Waals surface area contributed by atoms with Gasteiger partial charge in [0.25, 0.3) is 0 Å². The Morgan fingerprint density at radius 3 is 2.53 bits per heavy atom. The molecular weight excluding hydrogens is 252 g/mol. The molecule has 2 nitrogen and oxygen atoms in total. The molecule has 0 bridgehead atoms. The minimum atomic E-state index is 0.930. The first kappa shape index (κ1) is 12.2. The van der Waals surface area contributed by atoms with Crippen LogP contribution in [0.2, 0.25) is 0 Å². The molecule has 0 amide bonds. The molecule has 19 heavy (non-hydrogen) atoms. The number of aromatic nitrogens is 2. The highest BCUT2D eigenvalue weighted by Crippen LogP contribution is 2.23. The number of nitrogens with zero attached hydrogens (tertiary/aromatic N) is 2. The van der Waals surface area contributed by atoms with E-state index < -0.39 is 0 Å². The number of para-hydroxylation sites is 2. The van der Waals surface area contributed by atoms with Gasteiger partial charge in [-0.2, -0.15) is 0 Å². The molecule has 0 saturated carbocycles. The molecule has 0 atom stereocenters. The number of hydrogen-bond donors (Lipinski definition) is 0. The Labute approximate surface area is 116 Å². The first-order chi connectivity index (χ1) is 9.33. The topological polar surface area (TPSA) is 25.8 Å². The van der Waals surface area contributed by atoms with Crippen LogP contribution in [-0.4, -0.2) is 9.97 Å². The van der Waals surface area contributed by atoms with Crippen LogP contribution < -0.4 is 0 Å². The summed E-state index contributed by atoms with van der Waals surface area (Å²) in [4.78, 5) is 9.05. The highest BCUT2D eigenvalue weighted by atomic mass is 32.2. The van der Waals surface area contributed by atoms with Crippen molar-refractivity contribution in [3.8, 4) is 0 Å². The average molecular weight is 266 g/mol. The summed E-state index contributed by atoms with van der Waals surface area (Å²) in [6.45, 7) is 2.14. The van der Waals surface area contributed by atoms with Crippen molar-refractivity contribution in [2.24, 2.45) is 0 Å². The number of hydrogen-bond acceptors (Lipinski definition) is 3. The third-order valence-corrected chi connectivity index (χ3v) is 4.01. The van der Waals surface area contributed by atoms with Crippen LogP contribution in [0.25, 0.3) is 11.0 Å². The third-order valence-electron chi connectivity index (χ3n) is 3.06. The van der Waals surface area contributed by atoms with Crippen LogP contribution in [0.1, 0.15) is 11.1 Å². The second-order valence-corrected chi connectivity index (χ2v) is 5.41. The summed E-state index contributed by atoms with van der Waals surface area (Å²) in [6.07, 6.45) is 1.85. The van der Waals surface area contributed by atoms with Gasteiger partial charge in [0.15, 0.2) is 0 Å². The lowest BCUT2D eigenvalue weighted by Crippen LogP contribution is -1.89. The number of thioether (sulfide) groups is 1. The highest BCUT2D eigenvalue weighted by molar-refractivity contribution is 7.98. The quantitative estimate of drug-likeness (QED) is 0.663. The predicted octanol–water partition coefficient (Wildman–Crippen LogP) is 4.23. The number of rotatable bonds is 3. The van der Waals surface area contributed by atoms with Crippen molar-refractivity contribution >= 4 is 22.8 Å². The van der Waals surface area contributed by atoms with Crippen LogP contribution in [0, 0.1) is 6.92 Å². The molecule has 0 N–H and O–H groups in total. The normalized spacial score (nSPS) is 10.8. The predicted molar refractivity (Wildman–Crippen MR) is 80.3 cm³/mol. The molecule has 0 fully saturated rings. The smallest absolute Gasteiger partial charge is 0.115 e. The van der Waals surface area contributed by atoms with Gasteiger partial charge in [-0.05, 0) is 30.2 Å². The molecule has 0 saturated heterocycles.